The van der Waals surface area contributed by atoms with E-state index in [1.54, 1.807) is 0 Å². The van der Waals surface area contributed by atoms with Crippen molar-refractivity contribution in [1.82, 2.24) is 14.9 Å². The van der Waals surface area contributed by atoms with Gasteiger partial charge in [0.05, 0.1) is 24.2 Å². The molecular weight excluding hydrogens is 434 g/mol. The highest BCUT2D eigenvalue weighted by Gasteiger charge is 2.14. The van der Waals surface area contributed by atoms with Gasteiger partial charge in [0.1, 0.15) is 11.6 Å². The second-order valence-corrected chi connectivity index (χ2v) is 9.25. The molecular formula is C30H35N3O2. The van der Waals surface area contributed by atoms with Crippen molar-refractivity contribution in [3.63, 3.8) is 0 Å². The monoisotopic (exact) mass is 469 g/mol. The normalized spacial score (nSPS) is 12.0. The van der Waals surface area contributed by atoms with E-state index in [1.165, 1.54) is 5.56 Å². The minimum absolute atomic E-state index is 0.0784. The molecule has 0 aliphatic heterocycles. The van der Waals surface area contributed by atoms with Crippen molar-refractivity contribution in [3.8, 4) is 5.75 Å². The third-order valence-electron chi connectivity index (χ3n) is 6.62. The first kappa shape index (κ1) is 24.5. The fraction of sp³-hybridized carbons (Fsp3) is 0.333. The molecule has 4 rings (SSSR count). The summed E-state index contributed by atoms with van der Waals surface area (Å²) in [6.45, 7) is 10.2. The first-order valence-corrected chi connectivity index (χ1v) is 12.5. The number of fused-ring (bicyclic) bond motifs is 1. The van der Waals surface area contributed by atoms with Gasteiger partial charge in [-0.25, -0.2) is 4.98 Å². The molecule has 4 aromatic rings. The Bertz CT molecular complexity index is 1290. The molecule has 5 heteroatoms. The maximum Gasteiger partial charge on any atom is 0.251 e. The van der Waals surface area contributed by atoms with Gasteiger partial charge >= 0.3 is 0 Å². The number of hydrogen-bond donors (Lipinski definition) is 1. The molecule has 182 valence electrons. The lowest BCUT2D eigenvalue weighted by molar-refractivity contribution is 0.0949. The average molecular weight is 470 g/mol. The fourth-order valence-corrected chi connectivity index (χ4v) is 4.37. The Kier molecular flexibility index (Phi) is 7.86. The second-order valence-electron chi connectivity index (χ2n) is 9.25. The van der Waals surface area contributed by atoms with Crippen LogP contribution in [0, 0.1) is 13.8 Å². The van der Waals surface area contributed by atoms with Crippen molar-refractivity contribution in [3.05, 3.63) is 94.8 Å². The lowest BCUT2D eigenvalue weighted by Gasteiger charge is -2.13. The molecule has 5 nitrogen and oxygen atoms in total. The largest absolute Gasteiger partial charge is 0.494 e. The minimum atomic E-state index is -0.0784. The molecule has 1 N–H and O–H groups in total. The third kappa shape index (κ3) is 5.91. The minimum Gasteiger partial charge on any atom is -0.494 e. The summed E-state index contributed by atoms with van der Waals surface area (Å²) >= 11 is 0. The van der Waals surface area contributed by atoms with Crippen LogP contribution >= 0.6 is 0 Å². The van der Waals surface area contributed by atoms with Crippen molar-refractivity contribution in [2.45, 2.75) is 59.5 Å². The van der Waals surface area contributed by atoms with Crippen LogP contribution in [-0.4, -0.2) is 22.1 Å². The fourth-order valence-electron chi connectivity index (χ4n) is 4.37. The Labute approximate surface area is 208 Å². The Morgan fingerprint density at radius 2 is 1.83 bits per heavy atom. The number of para-hydroxylation sites is 2. The molecule has 0 saturated heterocycles. The summed E-state index contributed by atoms with van der Waals surface area (Å²) in [5.74, 6) is 2.23. The van der Waals surface area contributed by atoms with Crippen LogP contribution in [0.5, 0.6) is 5.75 Å². The maximum atomic E-state index is 12.8. The zero-order chi connectivity index (χ0) is 24.8. The maximum absolute atomic E-state index is 12.8. The highest BCUT2D eigenvalue weighted by atomic mass is 16.5. The van der Waals surface area contributed by atoms with Crippen molar-refractivity contribution in [2.75, 3.05) is 6.61 Å². The molecule has 0 aliphatic rings. The first-order chi connectivity index (χ1) is 17.0. The van der Waals surface area contributed by atoms with E-state index in [1.807, 2.05) is 50.2 Å². The summed E-state index contributed by atoms with van der Waals surface area (Å²) in [5, 5.41) is 3.06. The molecule has 0 aliphatic carbocycles. The van der Waals surface area contributed by atoms with Gasteiger partial charge in [0.15, 0.2) is 0 Å². The third-order valence-corrected chi connectivity index (χ3v) is 6.62. The Morgan fingerprint density at radius 3 is 2.57 bits per heavy atom. The number of carbonyl (C=O) groups excluding carboxylic acids is 1. The molecule has 1 unspecified atom stereocenters. The van der Waals surface area contributed by atoms with Crippen LogP contribution in [0.3, 0.4) is 0 Å². The van der Waals surface area contributed by atoms with Crippen molar-refractivity contribution < 1.29 is 9.53 Å². The topological polar surface area (TPSA) is 56.1 Å². The highest BCUT2D eigenvalue weighted by molar-refractivity contribution is 5.95. The van der Waals surface area contributed by atoms with Crippen molar-refractivity contribution in [1.29, 1.82) is 0 Å². The van der Waals surface area contributed by atoms with Gasteiger partial charge in [0.25, 0.3) is 5.91 Å². The number of nitrogens with zero attached hydrogens (tertiary/aromatic N) is 2. The Morgan fingerprint density at radius 1 is 1.06 bits per heavy atom. The predicted octanol–water partition coefficient (Wildman–Crippen LogP) is 6.57. The van der Waals surface area contributed by atoms with Crippen molar-refractivity contribution in [2.24, 2.45) is 0 Å². The molecule has 1 atom stereocenters. The van der Waals surface area contributed by atoms with Crippen LogP contribution in [0.1, 0.15) is 65.5 Å². The lowest BCUT2D eigenvalue weighted by Crippen LogP contribution is -2.25. The average Bonchev–Trinajstić information content (AvgIpc) is 3.22. The number of carbonyl (C=O) groups is 1. The van der Waals surface area contributed by atoms with Gasteiger partial charge in [0.2, 0.25) is 0 Å². The number of hydrogen-bond acceptors (Lipinski definition) is 3. The predicted molar refractivity (Wildman–Crippen MR) is 142 cm³/mol. The van der Waals surface area contributed by atoms with E-state index in [-0.39, 0.29) is 5.91 Å². The van der Waals surface area contributed by atoms with Crippen LogP contribution in [0.15, 0.2) is 66.7 Å². The second kappa shape index (κ2) is 11.2. The summed E-state index contributed by atoms with van der Waals surface area (Å²) in [6.07, 6.45) is 1.97. The lowest BCUT2D eigenvalue weighted by atomic mass is 9.99. The number of rotatable bonds is 10. The van der Waals surface area contributed by atoms with Gasteiger partial charge in [-0.05, 0) is 74.1 Å². The number of aromatic nitrogens is 2. The van der Waals surface area contributed by atoms with E-state index in [0.717, 1.165) is 53.1 Å². The number of amides is 1. The van der Waals surface area contributed by atoms with Crippen LogP contribution in [-0.2, 0) is 13.1 Å². The molecule has 3 aromatic carbocycles. The molecule has 1 aromatic heterocycles. The number of benzene rings is 3. The van der Waals surface area contributed by atoms with Gasteiger partial charge in [-0.15, -0.1) is 0 Å². The van der Waals surface area contributed by atoms with Gasteiger partial charge in [-0.1, -0.05) is 55.8 Å². The molecule has 1 amide bonds. The number of nitrogens with one attached hydrogen (secondary N) is 1. The van der Waals surface area contributed by atoms with E-state index in [9.17, 15) is 4.79 Å². The zero-order valence-electron chi connectivity index (χ0n) is 21.2. The Hall–Kier alpha value is -3.60. The molecule has 35 heavy (non-hydrogen) atoms. The summed E-state index contributed by atoms with van der Waals surface area (Å²) in [4.78, 5) is 17.6. The molecule has 0 fully saturated rings. The number of aryl methyl sites for hydroxylation is 3. The van der Waals surface area contributed by atoms with E-state index in [2.05, 4.69) is 54.1 Å². The zero-order valence-corrected chi connectivity index (χ0v) is 21.2. The van der Waals surface area contributed by atoms with Crippen LogP contribution < -0.4 is 10.1 Å². The summed E-state index contributed by atoms with van der Waals surface area (Å²) in [7, 11) is 0. The van der Waals surface area contributed by atoms with E-state index in [0.29, 0.717) is 24.6 Å². The summed E-state index contributed by atoms with van der Waals surface area (Å²) in [5.41, 5.74) is 6.18. The highest BCUT2D eigenvalue weighted by Crippen LogP contribution is 2.22. The van der Waals surface area contributed by atoms with Crippen LogP contribution in [0.2, 0.25) is 0 Å². The van der Waals surface area contributed by atoms with Crippen LogP contribution in [0.4, 0.5) is 0 Å². The first-order valence-electron chi connectivity index (χ1n) is 12.5. The molecule has 1 heterocycles. The van der Waals surface area contributed by atoms with E-state index >= 15 is 0 Å². The molecule has 0 spiro atoms. The molecule has 0 bridgehead atoms. The van der Waals surface area contributed by atoms with E-state index < -0.39 is 0 Å². The van der Waals surface area contributed by atoms with Gasteiger partial charge in [0, 0.05) is 12.1 Å². The summed E-state index contributed by atoms with van der Waals surface area (Å²) in [6, 6.07) is 22.4. The number of imidazole rings is 1. The van der Waals surface area contributed by atoms with Gasteiger partial charge in [-0.3, -0.25) is 4.79 Å². The van der Waals surface area contributed by atoms with Crippen LogP contribution in [0.25, 0.3) is 11.0 Å². The Balaban J connectivity index is 1.39. The molecule has 0 saturated carbocycles. The van der Waals surface area contributed by atoms with Crippen molar-refractivity contribution >= 4 is 16.9 Å². The van der Waals surface area contributed by atoms with E-state index in [4.69, 9.17) is 9.72 Å². The summed E-state index contributed by atoms with van der Waals surface area (Å²) < 4.78 is 8.19. The van der Waals surface area contributed by atoms with Gasteiger partial charge in [-0.2, -0.15) is 0 Å². The number of ether oxygens (including phenoxy) is 1. The van der Waals surface area contributed by atoms with Gasteiger partial charge < -0.3 is 14.6 Å². The standard InChI is InChI=1S/C30H35N3O2/c1-5-22(3)24-12-14-25(15-13-24)35-18-8-17-33-28-10-7-6-9-27(28)32-29(33)20-31-30(34)26-16-11-21(2)19-23(26)4/h6-7,9-16,19,22H,5,8,17-18,20H2,1-4H3,(H,31,34). The smallest absolute Gasteiger partial charge is 0.251 e. The SMILES string of the molecule is CCC(C)c1ccc(OCCCn2c(CNC(=O)c3ccc(C)cc3C)nc3ccccc32)cc1. The quantitative estimate of drug-likeness (QED) is 0.267. The molecule has 0 radical (unpaired) electrons.